The Morgan fingerprint density at radius 3 is 2.69 bits per heavy atom. The topological polar surface area (TPSA) is 90.8 Å². The predicted octanol–water partition coefficient (Wildman–Crippen LogP) is -0.614. The zero-order valence-corrected chi connectivity index (χ0v) is 9.49. The maximum atomic E-state index is 11.7. The van der Waals surface area contributed by atoms with Crippen molar-refractivity contribution in [3.63, 3.8) is 0 Å². The third-order valence-corrected chi connectivity index (χ3v) is 2.48. The van der Waals surface area contributed by atoms with Crippen LogP contribution in [0.5, 0.6) is 0 Å². The van der Waals surface area contributed by atoms with Crippen LogP contribution in [0.1, 0.15) is 26.7 Å². The van der Waals surface area contributed by atoms with E-state index in [0.29, 0.717) is 12.1 Å². The second-order valence-corrected chi connectivity index (χ2v) is 4.10. The fourth-order valence-electron chi connectivity index (χ4n) is 1.31. The fourth-order valence-corrected chi connectivity index (χ4v) is 1.31. The van der Waals surface area contributed by atoms with Crippen LogP contribution in [0, 0.1) is 5.92 Å². The molecule has 1 unspecified atom stereocenters. The Kier molecular flexibility index (Phi) is 4.42. The number of nitrogens with zero attached hydrogens (tertiary/aromatic N) is 1. The third-order valence-electron chi connectivity index (χ3n) is 2.48. The van der Waals surface area contributed by atoms with E-state index in [9.17, 15) is 9.59 Å². The molecule has 1 atom stereocenters. The highest BCUT2D eigenvalue weighted by molar-refractivity contribution is 6.39. The molecular formula is C10H17N3O3. The molecule has 0 aromatic carbocycles. The number of rotatable bonds is 4. The van der Waals surface area contributed by atoms with E-state index in [1.807, 2.05) is 13.8 Å². The van der Waals surface area contributed by atoms with Gasteiger partial charge in [0, 0.05) is 12.8 Å². The summed E-state index contributed by atoms with van der Waals surface area (Å²) in [4.78, 5) is 22.5. The second kappa shape index (κ2) is 5.60. The van der Waals surface area contributed by atoms with Crippen molar-refractivity contribution < 1.29 is 14.7 Å². The van der Waals surface area contributed by atoms with Crippen LogP contribution in [0.15, 0.2) is 5.10 Å². The number of carbonyl (C=O) groups excluding carboxylic acids is 2. The summed E-state index contributed by atoms with van der Waals surface area (Å²) in [6.07, 6.45) is 0.617. The van der Waals surface area contributed by atoms with Crippen molar-refractivity contribution in [1.29, 1.82) is 0 Å². The van der Waals surface area contributed by atoms with Crippen LogP contribution >= 0.6 is 0 Å². The summed E-state index contributed by atoms with van der Waals surface area (Å²) >= 11 is 0. The molecule has 2 amide bonds. The van der Waals surface area contributed by atoms with Gasteiger partial charge in [0.1, 0.15) is 5.71 Å². The lowest BCUT2D eigenvalue weighted by molar-refractivity contribution is -0.121. The van der Waals surface area contributed by atoms with E-state index >= 15 is 0 Å². The number of carbonyl (C=O) groups is 2. The number of nitrogens with one attached hydrogen (secondary N) is 2. The van der Waals surface area contributed by atoms with E-state index in [1.165, 1.54) is 0 Å². The summed E-state index contributed by atoms with van der Waals surface area (Å²) in [5, 5.41) is 15.4. The molecule has 1 aliphatic heterocycles. The van der Waals surface area contributed by atoms with Crippen molar-refractivity contribution >= 4 is 17.5 Å². The molecule has 1 rings (SSSR count). The quantitative estimate of drug-likeness (QED) is 0.598. The highest BCUT2D eigenvalue weighted by Gasteiger charge is 2.21. The lowest BCUT2D eigenvalue weighted by Gasteiger charge is -2.21. The van der Waals surface area contributed by atoms with Gasteiger partial charge < -0.3 is 10.4 Å². The molecule has 0 aliphatic carbocycles. The summed E-state index contributed by atoms with van der Waals surface area (Å²) in [6, 6.07) is -0.284. The summed E-state index contributed by atoms with van der Waals surface area (Å²) in [5.74, 6) is -0.361. The van der Waals surface area contributed by atoms with Crippen LogP contribution in [0.4, 0.5) is 0 Å². The van der Waals surface area contributed by atoms with Gasteiger partial charge in [-0.1, -0.05) is 13.8 Å². The van der Waals surface area contributed by atoms with Crippen LogP contribution in [-0.4, -0.2) is 35.3 Å². The Morgan fingerprint density at radius 1 is 1.56 bits per heavy atom. The van der Waals surface area contributed by atoms with Crippen LogP contribution in [0.3, 0.4) is 0 Å². The molecule has 1 heterocycles. The van der Waals surface area contributed by atoms with Crippen molar-refractivity contribution in [2.75, 3.05) is 6.61 Å². The van der Waals surface area contributed by atoms with Crippen LogP contribution < -0.4 is 10.7 Å². The number of amides is 2. The Labute approximate surface area is 94.1 Å². The molecule has 0 bridgehead atoms. The second-order valence-electron chi connectivity index (χ2n) is 4.10. The summed E-state index contributed by atoms with van der Waals surface area (Å²) in [7, 11) is 0. The van der Waals surface area contributed by atoms with Crippen LogP contribution in [-0.2, 0) is 9.59 Å². The molecule has 1 aliphatic rings. The maximum absolute atomic E-state index is 11.7. The standard InChI is InChI=1S/C10H17N3O3/c1-6(2)8(5-14)11-10(16)7-3-4-9(15)13-12-7/h6,8,14H,3-5H2,1-2H3,(H,11,16)(H,13,15). The van der Waals surface area contributed by atoms with Gasteiger partial charge in [-0.05, 0) is 5.92 Å². The Balaban J connectivity index is 2.55. The normalized spacial score (nSPS) is 17.8. The van der Waals surface area contributed by atoms with Crippen molar-refractivity contribution in [2.45, 2.75) is 32.7 Å². The predicted molar refractivity (Wildman–Crippen MR) is 58.7 cm³/mol. The largest absolute Gasteiger partial charge is 0.394 e. The first-order valence-corrected chi connectivity index (χ1v) is 5.31. The van der Waals surface area contributed by atoms with Crippen molar-refractivity contribution in [3.05, 3.63) is 0 Å². The molecular weight excluding hydrogens is 210 g/mol. The third kappa shape index (κ3) is 3.30. The van der Waals surface area contributed by atoms with Crippen molar-refractivity contribution in [1.82, 2.24) is 10.7 Å². The molecule has 0 fully saturated rings. The molecule has 0 saturated heterocycles. The van der Waals surface area contributed by atoms with E-state index in [4.69, 9.17) is 5.11 Å². The smallest absolute Gasteiger partial charge is 0.267 e. The van der Waals surface area contributed by atoms with E-state index in [1.54, 1.807) is 0 Å². The number of aliphatic hydroxyl groups excluding tert-OH is 1. The Morgan fingerprint density at radius 2 is 2.25 bits per heavy atom. The highest BCUT2D eigenvalue weighted by Crippen LogP contribution is 2.03. The monoisotopic (exact) mass is 227 g/mol. The summed E-state index contributed by atoms with van der Waals surface area (Å²) in [6.45, 7) is 3.71. The SMILES string of the molecule is CC(C)C(CO)NC(=O)C1=NNC(=O)CC1. The molecule has 0 aromatic rings. The van der Waals surface area contributed by atoms with Gasteiger partial charge in [-0.3, -0.25) is 9.59 Å². The van der Waals surface area contributed by atoms with Gasteiger partial charge in [0.25, 0.3) is 5.91 Å². The average Bonchev–Trinajstić information content (AvgIpc) is 2.26. The fraction of sp³-hybridized carbons (Fsp3) is 0.700. The van der Waals surface area contributed by atoms with Gasteiger partial charge in [0.05, 0.1) is 12.6 Å². The van der Waals surface area contributed by atoms with E-state index in [0.717, 1.165) is 0 Å². The lowest BCUT2D eigenvalue weighted by Crippen LogP contribution is -2.45. The average molecular weight is 227 g/mol. The molecule has 90 valence electrons. The number of hydrogen-bond acceptors (Lipinski definition) is 4. The lowest BCUT2D eigenvalue weighted by atomic mass is 10.0. The zero-order chi connectivity index (χ0) is 12.1. The summed E-state index contributed by atoms with van der Waals surface area (Å²) in [5.41, 5.74) is 2.56. The first-order valence-electron chi connectivity index (χ1n) is 5.31. The van der Waals surface area contributed by atoms with Gasteiger partial charge in [-0.15, -0.1) is 0 Å². The number of hydrogen-bond donors (Lipinski definition) is 3. The summed E-state index contributed by atoms with van der Waals surface area (Å²) < 4.78 is 0. The molecule has 0 aromatic heterocycles. The number of aliphatic hydroxyl groups is 1. The first kappa shape index (κ1) is 12.6. The molecule has 0 spiro atoms. The van der Waals surface area contributed by atoms with Gasteiger partial charge in [0.2, 0.25) is 5.91 Å². The Hall–Kier alpha value is -1.43. The van der Waals surface area contributed by atoms with Gasteiger partial charge in [-0.2, -0.15) is 5.10 Å². The molecule has 3 N–H and O–H groups in total. The zero-order valence-electron chi connectivity index (χ0n) is 9.49. The van der Waals surface area contributed by atoms with E-state index < -0.39 is 0 Å². The minimum absolute atomic E-state index is 0.108. The Bertz CT molecular complexity index is 312. The maximum Gasteiger partial charge on any atom is 0.267 e. The molecule has 0 radical (unpaired) electrons. The van der Waals surface area contributed by atoms with Gasteiger partial charge in [0.15, 0.2) is 0 Å². The van der Waals surface area contributed by atoms with Crippen molar-refractivity contribution in [3.8, 4) is 0 Å². The molecule has 6 nitrogen and oxygen atoms in total. The van der Waals surface area contributed by atoms with Gasteiger partial charge in [-0.25, -0.2) is 5.43 Å². The first-order chi connectivity index (χ1) is 7.54. The van der Waals surface area contributed by atoms with Crippen LogP contribution in [0.25, 0.3) is 0 Å². The molecule has 6 heteroatoms. The van der Waals surface area contributed by atoms with Gasteiger partial charge >= 0.3 is 0 Å². The van der Waals surface area contributed by atoms with Crippen LogP contribution in [0.2, 0.25) is 0 Å². The highest BCUT2D eigenvalue weighted by atomic mass is 16.3. The van der Waals surface area contributed by atoms with E-state index in [-0.39, 0.29) is 36.8 Å². The number of hydrazone groups is 1. The minimum atomic E-state index is -0.326. The minimum Gasteiger partial charge on any atom is -0.394 e. The molecule has 16 heavy (non-hydrogen) atoms. The van der Waals surface area contributed by atoms with E-state index in [2.05, 4.69) is 15.8 Å². The van der Waals surface area contributed by atoms with Crippen molar-refractivity contribution in [2.24, 2.45) is 11.0 Å². The molecule has 0 saturated carbocycles.